The summed E-state index contributed by atoms with van der Waals surface area (Å²) >= 11 is 0. The van der Waals surface area contributed by atoms with E-state index in [1.54, 1.807) is 30.5 Å². The zero-order chi connectivity index (χ0) is 18.2. The number of amides is 1. The average molecular weight is 338 g/mol. The van der Waals surface area contributed by atoms with E-state index in [1.165, 1.54) is 6.42 Å². The van der Waals surface area contributed by atoms with Crippen molar-refractivity contribution in [1.82, 2.24) is 4.90 Å². The fourth-order valence-electron chi connectivity index (χ4n) is 4.72. The van der Waals surface area contributed by atoms with Gasteiger partial charge in [-0.15, -0.1) is 0 Å². The van der Waals surface area contributed by atoms with Crippen LogP contribution in [0.5, 0.6) is 0 Å². The lowest BCUT2D eigenvalue weighted by Gasteiger charge is -2.39. The van der Waals surface area contributed by atoms with Crippen LogP contribution >= 0.6 is 0 Å². The molecule has 1 aromatic carbocycles. The molecule has 2 bridgehead atoms. The number of carbonyl (C=O) groups excluding carboxylic acids is 1. The normalized spacial score (nSPS) is 27.7. The molecule has 1 aromatic rings. The highest BCUT2D eigenvalue weighted by molar-refractivity contribution is 6.06. The monoisotopic (exact) mass is 338 g/mol. The minimum absolute atomic E-state index is 0.144. The van der Waals surface area contributed by atoms with Crippen LogP contribution in [0.3, 0.4) is 0 Å². The van der Waals surface area contributed by atoms with Gasteiger partial charge >= 0.3 is 0 Å². The average Bonchev–Trinajstić information content (AvgIpc) is 2.75. The van der Waals surface area contributed by atoms with Gasteiger partial charge < -0.3 is 16.0 Å². The Hall–Kier alpha value is -2.48. The number of nitrogens with two attached hydrogens (primary N) is 1. The number of benzene rings is 1. The lowest BCUT2D eigenvalue weighted by atomic mass is 9.65. The summed E-state index contributed by atoms with van der Waals surface area (Å²) in [6.07, 6.45) is 5.16. The van der Waals surface area contributed by atoms with E-state index in [-0.39, 0.29) is 16.9 Å². The number of carbonyl (C=O) groups is 1. The maximum absolute atomic E-state index is 12.5. The van der Waals surface area contributed by atoms with E-state index in [1.807, 2.05) is 0 Å². The van der Waals surface area contributed by atoms with Crippen molar-refractivity contribution in [2.75, 3.05) is 17.6 Å². The summed E-state index contributed by atoms with van der Waals surface area (Å²) in [7, 11) is 0. The molecule has 132 valence electrons. The van der Waals surface area contributed by atoms with Gasteiger partial charge in [-0.05, 0) is 54.4 Å². The van der Waals surface area contributed by atoms with E-state index in [9.17, 15) is 10.1 Å². The van der Waals surface area contributed by atoms with Crippen LogP contribution in [0, 0.1) is 22.2 Å². The second kappa shape index (κ2) is 6.11. The smallest absolute Gasteiger partial charge is 0.267 e. The molecular formula is C20H26N4O. The number of nitrogens with zero attached hydrogens (tertiary/aromatic N) is 2. The van der Waals surface area contributed by atoms with E-state index in [2.05, 4.69) is 37.1 Å². The lowest BCUT2D eigenvalue weighted by Crippen LogP contribution is -2.33. The third kappa shape index (κ3) is 3.79. The molecule has 3 rings (SSSR count). The van der Waals surface area contributed by atoms with Gasteiger partial charge in [-0.2, -0.15) is 5.26 Å². The fraction of sp³-hybridized carbons (Fsp3) is 0.500. The molecule has 25 heavy (non-hydrogen) atoms. The Morgan fingerprint density at radius 3 is 2.64 bits per heavy atom. The van der Waals surface area contributed by atoms with Crippen LogP contribution in [0.4, 0.5) is 11.4 Å². The number of nitrogens with one attached hydrogen (secondary N) is 1. The molecule has 5 nitrogen and oxygen atoms in total. The minimum Gasteiger partial charge on any atom is -0.399 e. The number of hydrogen-bond acceptors (Lipinski definition) is 4. The number of rotatable bonds is 3. The maximum atomic E-state index is 12.5. The molecule has 1 saturated heterocycles. The summed E-state index contributed by atoms with van der Waals surface area (Å²) in [5.41, 5.74) is 7.63. The summed E-state index contributed by atoms with van der Waals surface area (Å²) in [5, 5.41) is 12.2. The first kappa shape index (κ1) is 17.3. The van der Waals surface area contributed by atoms with Crippen molar-refractivity contribution in [2.24, 2.45) is 10.8 Å². The molecule has 3 N–H and O–H groups in total. The molecule has 0 spiro atoms. The molecule has 2 unspecified atom stereocenters. The largest absolute Gasteiger partial charge is 0.399 e. The second-order valence-electron chi connectivity index (χ2n) is 8.62. The zero-order valence-electron chi connectivity index (χ0n) is 15.2. The van der Waals surface area contributed by atoms with Crippen molar-refractivity contribution in [1.29, 1.82) is 5.26 Å². The summed E-state index contributed by atoms with van der Waals surface area (Å²) in [6, 6.07) is 9.36. The van der Waals surface area contributed by atoms with Gasteiger partial charge in [0.15, 0.2) is 0 Å². The van der Waals surface area contributed by atoms with Crippen LogP contribution in [0.25, 0.3) is 0 Å². The van der Waals surface area contributed by atoms with Crippen LogP contribution in [0.15, 0.2) is 36.0 Å². The molecule has 1 heterocycles. The predicted octanol–water partition coefficient (Wildman–Crippen LogP) is 3.52. The molecule has 1 aliphatic carbocycles. The summed E-state index contributed by atoms with van der Waals surface area (Å²) in [6.45, 7) is 7.84. The molecule has 0 aromatic heterocycles. The number of hydrogen-bond donors (Lipinski definition) is 2. The van der Waals surface area contributed by atoms with Crippen LogP contribution in [-0.4, -0.2) is 23.4 Å². The summed E-state index contributed by atoms with van der Waals surface area (Å²) in [4.78, 5) is 14.7. The van der Waals surface area contributed by atoms with E-state index in [0.717, 1.165) is 19.4 Å². The van der Waals surface area contributed by atoms with Gasteiger partial charge in [-0.3, -0.25) is 4.79 Å². The summed E-state index contributed by atoms with van der Waals surface area (Å²) in [5.74, 6) is -0.377. The van der Waals surface area contributed by atoms with E-state index < -0.39 is 0 Å². The first-order valence-corrected chi connectivity index (χ1v) is 8.74. The number of nitriles is 1. The van der Waals surface area contributed by atoms with Crippen molar-refractivity contribution >= 4 is 17.3 Å². The van der Waals surface area contributed by atoms with Crippen molar-refractivity contribution in [3.63, 3.8) is 0 Å². The molecule has 5 heteroatoms. The molecular weight excluding hydrogens is 312 g/mol. The Kier molecular flexibility index (Phi) is 4.24. The third-order valence-corrected chi connectivity index (χ3v) is 5.28. The first-order chi connectivity index (χ1) is 11.7. The van der Waals surface area contributed by atoms with Crippen LogP contribution < -0.4 is 11.1 Å². The van der Waals surface area contributed by atoms with Gasteiger partial charge in [0.05, 0.1) is 0 Å². The van der Waals surface area contributed by atoms with Gasteiger partial charge in [0.1, 0.15) is 11.6 Å². The van der Waals surface area contributed by atoms with Gasteiger partial charge in [-0.25, -0.2) is 0 Å². The van der Waals surface area contributed by atoms with Crippen LogP contribution in [0.1, 0.15) is 40.0 Å². The Morgan fingerprint density at radius 1 is 1.32 bits per heavy atom. The van der Waals surface area contributed by atoms with Gasteiger partial charge in [0, 0.05) is 30.2 Å². The first-order valence-electron chi connectivity index (χ1n) is 8.74. The number of anilines is 2. The molecule has 0 radical (unpaired) electrons. The Balaban J connectivity index is 1.76. The molecule has 1 aliphatic heterocycles. The predicted molar refractivity (Wildman–Crippen MR) is 99.4 cm³/mol. The molecule has 2 aliphatic rings. The number of nitrogen functional groups attached to an aromatic ring is 1. The van der Waals surface area contributed by atoms with E-state index in [0.29, 0.717) is 22.8 Å². The Bertz CT molecular complexity index is 744. The third-order valence-electron chi connectivity index (χ3n) is 5.28. The highest BCUT2D eigenvalue weighted by Crippen LogP contribution is 2.52. The quantitative estimate of drug-likeness (QED) is 0.502. The number of likely N-dealkylation sites (tertiary alicyclic amines) is 1. The van der Waals surface area contributed by atoms with Gasteiger partial charge in [0.2, 0.25) is 0 Å². The topological polar surface area (TPSA) is 82.2 Å². The van der Waals surface area contributed by atoms with Gasteiger partial charge in [-0.1, -0.05) is 20.8 Å². The Labute approximate surface area is 149 Å². The van der Waals surface area contributed by atoms with Crippen LogP contribution in [0.2, 0.25) is 0 Å². The van der Waals surface area contributed by atoms with E-state index >= 15 is 0 Å². The molecule has 1 amide bonds. The van der Waals surface area contributed by atoms with Crippen molar-refractivity contribution in [2.45, 2.75) is 46.1 Å². The Morgan fingerprint density at radius 2 is 2.00 bits per heavy atom. The zero-order valence-corrected chi connectivity index (χ0v) is 15.2. The van der Waals surface area contributed by atoms with Gasteiger partial charge in [0.25, 0.3) is 5.91 Å². The minimum atomic E-state index is -0.377. The maximum Gasteiger partial charge on any atom is 0.267 e. The molecule has 2 atom stereocenters. The van der Waals surface area contributed by atoms with Crippen molar-refractivity contribution in [3.8, 4) is 6.07 Å². The van der Waals surface area contributed by atoms with Crippen molar-refractivity contribution in [3.05, 3.63) is 36.0 Å². The van der Waals surface area contributed by atoms with E-state index in [4.69, 9.17) is 5.73 Å². The standard InChI is InChI=1S/C20H26N4O/c1-19(2)8-17-9-20(3,12-19)13-24(17)11-14(10-21)18(25)23-16-6-4-15(22)5-7-16/h4-7,11,17H,8-9,12-13,22H2,1-3H3,(H,23,25)/b14-11-. The highest BCUT2D eigenvalue weighted by atomic mass is 16.1. The number of fused-ring (bicyclic) bond motifs is 2. The van der Waals surface area contributed by atoms with Crippen LogP contribution in [-0.2, 0) is 4.79 Å². The summed E-state index contributed by atoms with van der Waals surface area (Å²) < 4.78 is 0. The second-order valence-corrected chi connectivity index (χ2v) is 8.62. The highest BCUT2D eigenvalue weighted by Gasteiger charge is 2.48. The fourth-order valence-corrected chi connectivity index (χ4v) is 4.72. The molecule has 2 fully saturated rings. The SMILES string of the molecule is CC1(C)CC2CC(C)(CN2/C=C(/C#N)C(=O)Nc2ccc(N)cc2)C1. The molecule has 1 saturated carbocycles. The lowest BCUT2D eigenvalue weighted by molar-refractivity contribution is -0.112. The van der Waals surface area contributed by atoms with Crippen molar-refractivity contribution < 1.29 is 4.79 Å².